The van der Waals surface area contributed by atoms with Gasteiger partial charge in [-0.05, 0) is 37.1 Å². The molecule has 0 aliphatic rings. The molecule has 138 valence electrons. The highest BCUT2D eigenvalue weighted by Gasteiger charge is 2.49. The Morgan fingerprint density at radius 3 is 2.19 bits per heavy atom. The topological polar surface area (TPSA) is 106 Å². The molecule has 0 saturated carbocycles. The Labute approximate surface area is 150 Å². The molecule has 0 spiro atoms. The van der Waals surface area contributed by atoms with Crippen molar-refractivity contribution in [3.05, 3.63) is 58.5 Å². The molecule has 0 aliphatic carbocycles. The van der Waals surface area contributed by atoms with Gasteiger partial charge in [-0.15, -0.1) is 0 Å². The molecule has 26 heavy (non-hydrogen) atoms. The van der Waals surface area contributed by atoms with Crippen molar-refractivity contribution in [2.75, 3.05) is 0 Å². The number of hydrogen-bond donors (Lipinski definition) is 2. The van der Waals surface area contributed by atoms with E-state index in [0.29, 0.717) is 16.7 Å². The summed E-state index contributed by atoms with van der Waals surface area (Å²) < 4.78 is 6.72. The molecular formula is C19H21NO6. The van der Waals surface area contributed by atoms with Crippen molar-refractivity contribution < 1.29 is 24.5 Å². The van der Waals surface area contributed by atoms with Crippen LogP contribution in [0, 0.1) is 0 Å². The van der Waals surface area contributed by atoms with Crippen molar-refractivity contribution >= 4 is 11.9 Å². The van der Waals surface area contributed by atoms with Crippen molar-refractivity contribution in [3.8, 4) is 11.1 Å². The molecule has 2 rings (SSSR count). The lowest BCUT2D eigenvalue weighted by atomic mass is 9.93. The van der Waals surface area contributed by atoms with Gasteiger partial charge in [-0.1, -0.05) is 24.3 Å². The first kappa shape index (κ1) is 19.4. The van der Waals surface area contributed by atoms with Crippen molar-refractivity contribution in [1.29, 1.82) is 0 Å². The zero-order valence-corrected chi connectivity index (χ0v) is 14.8. The van der Waals surface area contributed by atoms with E-state index in [1.807, 2.05) is 0 Å². The molecule has 0 fully saturated rings. The second-order valence-electron chi connectivity index (χ2n) is 6.32. The minimum Gasteiger partial charge on any atom is -0.479 e. The molecular weight excluding hydrogens is 338 g/mol. The second kappa shape index (κ2) is 7.53. The van der Waals surface area contributed by atoms with E-state index in [4.69, 9.17) is 4.74 Å². The van der Waals surface area contributed by atoms with Gasteiger partial charge in [-0.2, -0.15) is 0 Å². The molecule has 0 bridgehead atoms. The first-order valence-corrected chi connectivity index (χ1v) is 8.07. The predicted molar refractivity (Wildman–Crippen MR) is 95.0 cm³/mol. The summed E-state index contributed by atoms with van der Waals surface area (Å²) in [7, 11) is 1.65. The average molecular weight is 359 g/mol. The SMILES string of the molecule is CC(C)OC(Cc1ccc(-c2cccn(C)c2=O)cc1)(C(=O)O)C(=O)O. The second-order valence-corrected chi connectivity index (χ2v) is 6.32. The van der Waals surface area contributed by atoms with Crippen LogP contribution in [0.3, 0.4) is 0 Å². The third kappa shape index (κ3) is 3.83. The highest BCUT2D eigenvalue weighted by Crippen LogP contribution is 2.24. The van der Waals surface area contributed by atoms with Gasteiger partial charge >= 0.3 is 11.9 Å². The highest BCUT2D eigenvalue weighted by molar-refractivity contribution is 6.02. The summed E-state index contributed by atoms with van der Waals surface area (Å²) in [5.74, 6) is -3.11. The molecule has 0 aliphatic heterocycles. The van der Waals surface area contributed by atoms with Gasteiger partial charge in [-0.3, -0.25) is 4.79 Å². The maximum Gasteiger partial charge on any atom is 0.348 e. The van der Waals surface area contributed by atoms with Crippen LogP contribution in [0.5, 0.6) is 0 Å². The number of benzene rings is 1. The number of aliphatic carboxylic acids is 2. The Morgan fingerprint density at radius 1 is 1.12 bits per heavy atom. The minimum absolute atomic E-state index is 0.159. The molecule has 2 aromatic rings. The molecule has 0 radical (unpaired) electrons. The summed E-state index contributed by atoms with van der Waals surface area (Å²) in [6.07, 6.45) is 0.745. The van der Waals surface area contributed by atoms with Gasteiger partial charge in [0, 0.05) is 25.2 Å². The third-order valence-corrected chi connectivity index (χ3v) is 3.97. The van der Waals surface area contributed by atoms with Crippen LogP contribution in [0.1, 0.15) is 19.4 Å². The van der Waals surface area contributed by atoms with Crippen LogP contribution in [0.15, 0.2) is 47.4 Å². The Balaban J connectivity index is 2.37. The average Bonchev–Trinajstić information content (AvgIpc) is 2.56. The largest absolute Gasteiger partial charge is 0.479 e. The first-order chi connectivity index (χ1) is 12.2. The number of nitrogens with zero attached hydrogens (tertiary/aromatic N) is 1. The van der Waals surface area contributed by atoms with Crippen molar-refractivity contribution in [3.63, 3.8) is 0 Å². The predicted octanol–water partition coefficient (Wildman–Crippen LogP) is 1.93. The number of carboxylic acid groups (broad SMARTS) is 2. The molecule has 0 amide bonds. The van der Waals surface area contributed by atoms with Crippen LogP contribution >= 0.6 is 0 Å². The van der Waals surface area contributed by atoms with Crippen LogP contribution in [-0.4, -0.2) is 38.4 Å². The summed E-state index contributed by atoms with van der Waals surface area (Å²) in [6, 6.07) is 9.98. The Morgan fingerprint density at radius 2 is 1.69 bits per heavy atom. The number of hydrogen-bond acceptors (Lipinski definition) is 4. The third-order valence-electron chi connectivity index (χ3n) is 3.97. The molecule has 0 unspecified atom stereocenters. The number of carboxylic acids is 2. The molecule has 1 aromatic carbocycles. The summed E-state index contributed by atoms with van der Waals surface area (Å²) >= 11 is 0. The standard InChI is InChI=1S/C19H21NO6/c1-12(2)26-19(17(22)23,18(24)25)11-13-6-8-14(9-7-13)15-5-4-10-20(3)16(15)21/h4-10,12H,11H2,1-3H3,(H,22,23)(H,24,25). The number of rotatable bonds is 7. The maximum absolute atomic E-state index is 12.2. The number of aryl methyl sites for hydroxylation is 1. The molecule has 0 atom stereocenters. The Bertz CT molecular complexity index is 852. The van der Waals surface area contributed by atoms with E-state index in [2.05, 4.69) is 0 Å². The lowest BCUT2D eigenvalue weighted by molar-refractivity contribution is -0.188. The van der Waals surface area contributed by atoms with E-state index < -0.39 is 23.6 Å². The molecule has 0 saturated heterocycles. The fourth-order valence-electron chi connectivity index (χ4n) is 2.69. The zero-order chi connectivity index (χ0) is 19.5. The zero-order valence-electron chi connectivity index (χ0n) is 14.8. The van der Waals surface area contributed by atoms with E-state index in [-0.39, 0.29) is 12.0 Å². The fraction of sp³-hybridized carbons (Fsp3) is 0.316. The van der Waals surface area contributed by atoms with E-state index in [0.717, 1.165) is 0 Å². The highest BCUT2D eigenvalue weighted by atomic mass is 16.6. The van der Waals surface area contributed by atoms with Crippen LogP contribution in [0.2, 0.25) is 0 Å². The van der Waals surface area contributed by atoms with Crippen LogP contribution in [-0.2, 0) is 27.8 Å². The number of aromatic nitrogens is 1. The van der Waals surface area contributed by atoms with Gasteiger partial charge < -0.3 is 19.5 Å². The number of ether oxygens (including phenoxy) is 1. The smallest absolute Gasteiger partial charge is 0.348 e. The van der Waals surface area contributed by atoms with Crippen molar-refractivity contribution in [2.24, 2.45) is 7.05 Å². The first-order valence-electron chi connectivity index (χ1n) is 8.07. The van der Waals surface area contributed by atoms with Gasteiger partial charge in [0.05, 0.1) is 6.10 Å². The lowest BCUT2D eigenvalue weighted by Crippen LogP contribution is -2.52. The molecule has 7 nitrogen and oxygen atoms in total. The van der Waals surface area contributed by atoms with Crippen molar-refractivity contribution in [2.45, 2.75) is 32.0 Å². The Kier molecular flexibility index (Phi) is 5.62. The summed E-state index contributed by atoms with van der Waals surface area (Å²) in [4.78, 5) is 35.4. The van der Waals surface area contributed by atoms with Crippen LogP contribution in [0.25, 0.3) is 11.1 Å². The van der Waals surface area contributed by atoms with Gasteiger partial charge in [0.25, 0.3) is 11.2 Å². The van der Waals surface area contributed by atoms with Gasteiger partial charge in [0.1, 0.15) is 0 Å². The maximum atomic E-state index is 12.2. The van der Waals surface area contributed by atoms with Gasteiger partial charge in [0.2, 0.25) is 0 Å². The molecule has 1 heterocycles. The summed E-state index contributed by atoms with van der Waals surface area (Å²) in [5.41, 5.74) is -0.877. The molecule has 7 heteroatoms. The van der Waals surface area contributed by atoms with E-state index in [1.54, 1.807) is 63.5 Å². The lowest BCUT2D eigenvalue weighted by Gasteiger charge is -2.27. The monoisotopic (exact) mass is 359 g/mol. The van der Waals surface area contributed by atoms with Gasteiger partial charge in [-0.25, -0.2) is 9.59 Å². The van der Waals surface area contributed by atoms with E-state index in [9.17, 15) is 24.6 Å². The van der Waals surface area contributed by atoms with Crippen LogP contribution < -0.4 is 5.56 Å². The van der Waals surface area contributed by atoms with Gasteiger partial charge in [0.15, 0.2) is 0 Å². The van der Waals surface area contributed by atoms with E-state index in [1.165, 1.54) is 4.57 Å². The normalized spacial score (nSPS) is 11.5. The van der Waals surface area contributed by atoms with Crippen LogP contribution in [0.4, 0.5) is 0 Å². The summed E-state index contributed by atoms with van der Waals surface area (Å²) in [6.45, 7) is 3.16. The molecule has 2 N–H and O–H groups in total. The quantitative estimate of drug-likeness (QED) is 0.732. The Hall–Kier alpha value is -2.93. The summed E-state index contributed by atoms with van der Waals surface area (Å²) in [5, 5.41) is 18.9. The minimum atomic E-state index is -2.36. The molecule has 1 aromatic heterocycles. The number of carbonyl (C=O) groups is 2. The number of pyridine rings is 1. The fourth-order valence-corrected chi connectivity index (χ4v) is 2.69. The van der Waals surface area contributed by atoms with Crippen molar-refractivity contribution in [1.82, 2.24) is 4.57 Å². The van der Waals surface area contributed by atoms with E-state index >= 15 is 0 Å².